The van der Waals surface area contributed by atoms with Gasteiger partial charge < -0.3 is 9.82 Å². The van der Waals surface area contributed by atoms with Crippen LogP contribution < -0.4 is 0 Å². The van der Waals surface area contributed by atoms with Crippen LogP contribution in [0.5, 0.6) is 0 Å². The third-order valence-electron chi connectivity index (χ3n) is 3.01. The Hall–Kier alpha value is -2.10. The highest BCUT2D eigenvalue weighted by molar-refractivity contribution is 6.00. The number of carbonyl (C=O) groups is 1. The molecule has 0 radical (unpaired) electrons. The Kier molecular flexibility index (Phi) is 4.34. The van der Waals surface area contributed by atoms with Crippen LogP contribution in [0.1, 0.15) is 37.4 Å². The number of oxime groups is 1. The number of aromatic nitrogens is 1. The topological polar surface area (TPSA) is 54.4 Å². The second-order valence-electron chi connectivity index (χ2n) is 4.51. The van der Waals surface area contributed by atoms with E-state index in [9.17, 15) is 4.79 Å². The van der Waals surface area contributed by atoms with Gasteiger partial charge in [-0.25, -0.2) is 4.79 Å². The SMILES string of the molecule is CCCCC(=O)ON=Cc1c(C)[nH]c2ccccc12. The monoisotopic (exact) mass is 258 g/mol. The molecule has 2 aromatic rings. The molecule has 19 heavy (non-hydrogen) atoms. The Balaban J connectivity index is 2.08. The van der Waals surface area contributed by atoms with E-state index < -0.39 is 0 Å². The maximum absolute atomic E-state index is 11.3. The van der Waals surface area contributed by atoms with Crippen LogP contribution in [-0.2, 0) is 9.63 Å². The van der Waals surface area contributed by atoms with Gasteiger partial charge in [-0.2, -0.15) is 0 Å². The molecule has 0 saturated heterocycles. The molecule has 0 amide bonds. The molecule has 1 aromatic carbocycles. The highest BCUT2D eigenvalue weighted by Crippen LogP contribution is 2.19. The Morgan fingerprint density at radius 3 is 3.00 bits per heavy atom. The van der Waals surface area contributed by atoms with E-state index in [1.807, 2.05) is 38.1 Å². The third-order valence-corrected chi connectivity index (χ3v) is 3.01. The fourth-order valence-corrected chi connectivity index (χ4v) is 1.97. The lowest BCUT2D eigenvalue weighted by molar-refractivity contribution is -0.143. The first-order valence-corrected chi connectivity index (χ1v) is 6.53. The minimum absolute atomic E-state index is 0.282. The third kappa shape index (κ3) is 3.22. The fraction of sp³-hybridized carbons (Fsp3) is 0.333. The molecule has 0 aliphatic rings. The zero-order valence-corrected chi connectivity index (χ0v) is 11.3. The molecule has 0 bridgehead atoms. The summed E-state index contributed by atoms with van der Waals surface area (Å²) in [6.45, 7) is 4.01. The van der Waals surface area contributed by atoms with Gasteiger partial charge in [-0.1, -0.05) is 36.7 Å². The van der Waals surface area contributed by atoms with Gasteiger partial charge in [-0.15, -0.1) is 0 Å². The predicted molar refractivity (Wildman–Crippen MR) is 76.2 cm³/mol. The molecule has 1 heterocycles. The minimum Gasteiger partial charge on any atom is -0.358 e. The van der Waals surface area contributed by atoms with Crippen LogP contribution in [-0.4, -0.2) is 17.2 Å². The molecule has 0 aliphatic heterocycles. The summed E-state index contributed by atoms with van der Waals surface area (Å²) in [5.74, 6) is -0.282. The number of hydrogen-bond donors (Lipinski definition) is 1. The zero-order valence-electron chi connectivity index (χ0n) is 11.3. The molecule has 4 nitrogen and oxygen atoms in total. The lowest BCUT2D eigenvalue weighted by Gasteiger charge is -1.96. The quantitative estimate of drug-likeness (QED) is 0.506. The molecular weight excluding hydrogens is 240 g/mol. The number of carbonyl (C=O) groups excluding carboxylic acids is 1. The predicted octanol–water partition coefficient (Wildman–Crippen LogP) is 3.54. The van der Waals surface area contributed by atoms with Crippen molar-refractivity contribution in [3.05, 3.63) is 35.5 Å². The van der Waals surface area contributed by atoms with E-state index in [1.54, 1.807) is 6.21 Å². The number of aromatic amines is 1. The molecule has 1 aromatic heterocycles. The highest BCUT2D eigenvalue weighted by Gasteiger charge is 2.06. The van der Waals surface area contributed by atoms with E-state index in [0.717, 1.165) is 35.0 Å². The van der Waals surface area contributed by atoms with Crippen molar-refractivity contribution >= 4 is 23.1 Å². The summed E-state index contributed by atoms with van der Waals surface area (Å²) in [6.07, 6.45) is 3.82. The van der Waals surface area contributed by atoms with Crippen molar-refractivity contribution < 1.29 is 9.63 Å². The summed E-state index contributed by atoms with van der Waals surface area (Å²) in [4.78, 5) is 19.4. The van der Waals surface area contributed by atoms with Crippen molar-refractivity contribution in [1.29, 1.82) is 0 Å². The van der Waals surface area contributed by atoms with Gasteiger partial charge in [0, 0.05) is 28.6 Å². The number of aryl methyl sites for hydroxylation is 1. The van der Waals surface area contributed by atoms with Crippen molar-refractivity contribution in [1.82, 2.24) is 4.98 Å². The molecule has 0 unspecified atom stereocenters. The maximum Gasteiger partial charge on any atom is 0.335 e. The van der Waals surface area contributed by atoms with Crippen LogP contribution in [0, 0.1) is 6.92 Å². The van der Waals surface area contributed by atoms with Gasteiger partial charge in [0.05, 0.1) is 6.21 Å². The van der Waals surface area contributed by atoms with Gasteiger partial charge in [-0.3, -0.25) is 0 Å². The molecule has 100 valence electrons. The van der Waals surface area contributed by atoms with Crippen LogP contribution in [0.15, 0.2) is 29.4 Å². The summed E-state index contributed by atoms with van der Waals surface area (Å²) >= 11 is 0. The van der Waals surface area contributed by atoms with Crippen LogP contribution in [0.4, 0.5) is 0 Å². The van der Waals surface area contributed by atoms with Crippen LogP contribution in [0.25, 0.3) is 10.9 Å². The highest BCUT2D eigenvalue weighted by atomic mass is 16.7. The van der Waals surface area contributed by atoms with Gasteiger partial charge >= 0.3 is 5.97 Å². The largest absolute Gasteiger partial charge is 0.358 e. The molecule has 0 atom stereocenters. The first kappa shape index (κ1) is 13.3. The lowest BCUT2D eigenvalue weighted by atomic mass is 10.1. The number of fused-ring (bicyclic) bond motifs is 1. The number of nitrogens with zero attached hydrogens (tertiary/aromatic N) is 1. The standard InChI is InChI=1S/C15H18N2O2/c1-3-4-9-15(18)19-16-10-13-11(2)17-14-8-6-5-7-12(13)14/h5-8,10,17H,3-4,9H2,1-2H3. The van der Waals surface area contributed by atoms with Gasteiger partial charge in [0.25, 0.3) is 0 Å². The number of nitrogens with one attached hydrogen (secondary N) is 1. The molecule has 0 fully saturated rings. The zero-order chi connectivity index (χ0) is 13.7. The van der Waals surface area contributed by atoms with Crippen molar-refractivity contribution in [2.24, 2.45) is 5.16 Å². The second-order valence-corrected chi connectivity index (χ2v) is 4.51. The Bertz CT molecular complexity index is 599. The van der Waals surface area contributed by atoms with Gasteiger partial charge in [0.2, 0.25) is 0 Å². The van der Waals surface area contributed by atoms with Crippen molar-refractivity contribution in [2.45, 2.75) is 33.1 Å². The molecule has 2 rings (SSSR count). The number of hydrogen-bond acceptors (Lipinski definition) is 3. The van der Waals surface area contributed by atoms with Crippen LogP contribution in [0.3, 0.4) is 0 Å². The smallest absolute Gasteiger partial charge is 0.335 e. The molecule has 0 spiro atoms. The summed E-state index contributed by atoms with van der Waals surface area (Å²) < 4.78 is 0. The number of rotatable bonds is 5. The Morgan fingerprint density at radius 2 is 2.21 bits per heavy atom. The average molecular weight is 258 g/mol. The number of para-hydroxylation sites is 1. The van der Waals surface area contributed by atoms with E-state index in [2.05, 4.69) is 10.1 Å². The van der Waals surface area contributed by atoms with E-state index in [4.69, 9.17) is 4.84 Å². The summed E-state index contributed by atoms with van der Waals surface area (Å²) in [7, 11) is 0. The fourth-order valence-electron chi connectivity index (χ4n) is 1.97. The van der Waals surface area contributed by atoms with E-state index in [-0.39, 0.29) is 5.97 Å². The van der Waals surface area contributed by atoms with E-state index >= 15 is 0 Å². The van der Waals surface area contributed by atoms with Crippen molar-refractivity contribution in [3.63, 3.8) is 0 Å². The molecule has 1 N–H and O–H groups in total. The van der Waals surface area contributed by atoms with Crippen molar-refractivity contribution in [3.8, 4) is 0 Å². The average Bonchev–Trinajstić information content (AvgIpc) is 2.73. The molecule has 0 aliphatic carbocycles. The Labute approximate surface area is 112 Å². The number of benzene rings is 1. The molecule has 4 heteroatoms. The number of H-pyrrole nitrogens is 1. The summed E-state index contributed by atoms with van der Waals surface area (Å²) in [5, 5.41) is 4.86. The first-order valence-electron chi connectivity index (χ1n) is 6.53. The normalized spacial score (nSPS) is 11.3. The van der Waals surface area contributed by atoms with E-state index in [1.165, 1.54) is 0 Å². The molecule has 0 saturated carbocycles. The van der Waals surface area contributed by atoms with Gasteiger partial charge in [-0.05, 0) is 19.4 Å². The van der Waals surface area contributed by atoms with Crippen LogP contribution in [0.2, 0.25) is 0 Å². The number of unbranched alkanes of at least 4 members (excludes halogenated alkanes) is 1. The van der Waals surface area contributed by atoms with Gasteiger partial charge in [0.15, 0.2) is 0 Å². The van der Waals surface area contributed by atoms with Gasteiger partial charge in [0.1, 0.15) is 0 Å². The molecular formula is C15H18N2O2. The maximum atomic E-state index is 11.3. The van der Waals surface area contributed by atoms with Crippen LogP contribution >= 0.6 is 0 Å². The second kappa shape index (κ2) is 6.18. The Morgan fingerprint density at radius 1 is 1.42 bits per heavy atom. The summed E-state index contributed by atoms with van der Waals surface area (Å²) in [5.41, 5.74) is 3.02. The van der Waals surface area contributed by atoms with E-state index in [0.29, 0.717) is 6.42 Å². The lowest BCUT2D eigenvalue weighted by Crippen LogP contribution is -1.99. The minimum atomic E-state index is -0.282. The summed E-state index contributed by atoms with van der Waals surface area (Å²) in [6, 6.07) is 7.97. The first-order chi connectivity index (χ1) is 9.22. The van der Waals surface area contributed by atoms with Crippen molar-refractivity contribution in [2.75, 3.05) is 0 Å².